The van der Waals surface area contributed by atoms with Crippen molar-refractivity contribution in [3.63, 3.8) is 0 Å². The van der Waals surface area contributed by atoms with Gasteiger partial charge < -0.3 is 26.0 Å². The lowest BCUT2D eigenvalue weighted by Crippen LogP contribution is -2.24. The number of nitrogens with two attached hydrogens (primary N) is 1. The van der Waals surface area contributed by atoms with Gasteiger partial charge >= 0.3 is 0 Å². The highest BCUT2D eigenvalue weighted by molar-refractivity contribution is 5.79. The number of aromatic nitrogens is 2. The van der Waals surface area contributed by atoms with Gasteiger partial charge in [0.05, 0.1) is 24.5 Å². The van der Waals surface area contributed by atoms with Gasteiger partial charge in [-0.2, -0.15) is 0 Å². The summed E-state index contributed by atoms with van der Waals surface area (Å²) in [5, 5.41) is 21.1. The van der Waals surface area contributed by atoms with Crippen molar-refractivity contribution in [1.29, 1.82) is 0 Å². The topological polar surface area (TPSA) is 131 Å². The van der Waals surface area contributed by atoms with Crippen LogP contribution in [0, 0.1) is 0 Å². The molecular weight excluding hydrogens is 252 g/mol. The molecule has 8 nitrogen and oxygen atoms in total. The first-order valence-corrected chi connectivity index (χ1v) is 5.89. The van der Waals surface area contributed by atoms with Gasteiger partial charge in [0.15, 0.2) is 5.82 Å². The number of rotatable bonds is 5. The van der Waals surface area contributed by atoms with Crippen molar-refractivity contribution in [1.82, 2.24) is 9.97 Å². The molecule has 104 valence electrons. The number of amides is 1. The van der Waals surface area contributed by atoms with E-state index >= 15 is 0 Å². The summed E-state index contributed by atoms with van der Waals surface area (Å²) >= 11 is 0. The Labute approximate surface area is 109 Å². The number of hydrogen-bond acceptors (Lipinski definition) is 7. The van der Waals surface area contributed by atoms with Crippen LogP contribution in [-0.2, 0) is 16.0 Å². The lowest BCUT2D eigenvalue weighted by molar-refractivity contribution is -0.105. The molecule has 0 spiro atoms. The maximum Gasteiger partial charge on any atom is 0.211 e. The Hall–Kier alpha value is -1.77. The molecule has 0 radical (unpaired) electrons. The maximum atomic E-state index is 10.5. The molecule has 0 saturated carbocycles. The summed E-state index contributed by atoms with van der Waals surface area (Å²) in [4.78, 5) is 18.4. The van der Waals surface area contributed by atoms with Gasteiger partial charge in [0, 0.05) is 12.8 Å². The second-order valence-electron chi connectivity index (χ2n) is 4.33. The van der Waals surface area contributed by atoms with E-state index in [1.165, 1.54) is 6.33 Å². The fourth-order valence-electron chi connectivity index (χ4n) is 2.14. The molecule has 3 atom stereocenters. The molecule has 19 heavy (non-hydrogen) atoms. The monoisotopic (exact) mass is 268 g/mol. The second kappa shape index (κ2) is 5.91. The van der Waals surface area contributed by atoms with E-state index < -0.39 is 12.2 Å². The molecule has 1 aliphatic heterocycles. The van der Waals surface area contributed by atoms with E-state index in [-0.39, 0.29) is 18.5 Å². The lowest BCUT2D eigenvalue weighted by atomic mass is 10.1. The number of aliphatic hydroxyl groups excluding tert-OH is 2. The third-order valence-corrected chi connectivity index (χ3v) is 3.06. The Morgan fingerprint density at radius 3 is 3.00 bits per heavy atom. The zero-order chi connectivity index (χ0) is 13.8. The quantitative estimate of drug-likeness (QED) is 0.487. The van der Waals surface area contributed by atoms with Crippen molar-refractivity contribution in [2.24, 2.45) is 0 Å². The first-order valence-electron chi connectivity index (χ1n) is 5.89. The van der Waals surface area contributed by atoms with E-state index in [1.54, 1.807) is 0 Å². The van der Waals surface area contributed by atoms with Crippen LogP contribution in [0.25, 0.3) is 0 Å². The molecular formula is C11H16N4O4. The van der Waals surface area contributed by atoms with Crippen LogP contribution in [0.4, 0.5) is 11.5 Å². The summed E-state index contributed by atoms with van der Waals surface area (Å²) in [6.45, 7) is -0.233. The summed E-state index contributed by atoms with van der Waals surface area (Å²) in [7, 11) is 0. The number of aliphatic hydroxyl groups is 2. The van der Waals surface area contributed by atoms with Gasteiger partial charge in [-0.3, -0.25) is 4.79 Å². The standard InChI is InChI=1S/C11H16N4O4/c12-11-10(15-5-17)7(13-4-14-11)1-6-2-8(18)9(3-16)19-6/h4-6,8-9,16,18H,1-3H2,(H,15,17)(H2,12,13,14)/t6-,8+,9-/m1/s1. The van der Waals surface area contributed by atoms with Gasteiger partial charge in [-0.1, -0.05) is 0 Å². The molecule has 0 aromatic carbocycles. The third kappa shape index (κ3) is 2.98. The number of hydrogen-bond donors (Lipinski definition) is 4. The molecule has 1 aromatic heterocycles. The fraction of sp³-hybridized carbons (Fsp3) is 0.545. The summed E-state index contributed by atoms with van der Waals surface area (Å²) in [5.74, 6) is 0.175. The molecule has 1 amide bonds. The number of nitrogens with zero attached hydrogens (tertiary/aromatic N) is 2. The Morgan fingerprint density at radius 1 is 1.58 bits per heavy atom. The zero-order valence-corrected chi connectivity index (χ0v) is 10.2. The summed E-state index contributed by atoms with van der Waals surface area (Å²) in [6.07, 6.45) is 1.01. The van der Waals surface area contributed by atoms with Gasteiger partial charge in [0.2, 0.25) is 6.41 Å². The Morgan fingerprint density at radius 2 is 2.37 bits per heavy atom. The first kappa shape index (κ1) is 13.7. The van der Waals surface area contributed by atoms with Crippen molar-refractivity contribution in [2.75, 3.05) is 17.7 Å². The molecule has 0 bridgehead atoms. The number of nitrogens with one attached hydrogen (secondary N) is 1. The molecule has 2 rings (SSSR count). The van der Waals surface area contributed by atoms with E-state index in [9.17, 15) is 9.90 Å². The highest BCUT2D eigenvalue weighted by Gasteiger charge is 2.34. The number of carbonyl (C=O) groups is 1. The van der Waals surface area contributed by atoms with Crippen LogP contribution in [0.1, 0.15) is 12.1 Å². The van der Waals surface area contributed by atoms with Gasteiger partial charge in [0.25, 0.3) is 0 Å². The first-order chi connectivity index (χ1) is 9.15. The summed E-state index contributed by atoms with van der Waals surface area (Å²) in [6, 6.07) is 0. The Bertz CT molecular complexity index is 456. The summed E-state index contributed by atoms with van der Waals surface area (Å²) < 4.78 is 5.48. The van der Waals surface area contributed by atoms with Crippen molar-refractivity contribution in [2.45, 2.75) is 31.2 Å². The average Bonchev–Trinajstić information content (AvgIpc) is 2.74. The lowest BCUT2D eigenvalue weighted by Gasteiger charge is -2.14. The molecule has 1 aliphatic rings. The van der Waals surface area contributed by atoms with E-state index in [0.29, 0.717) is 30.6 Å². The molecule has 1 aromatic rings. The van der Waals surface area contributed by atoms with Crippen molar-refractivity contribution >= 4 is 17.9 Å². The highest BCUT2D eigenvalue weighted by Crippen LogP contribution is 2.26. The molecule has 2 heterocycles. The average molecular weight is 268 g/mol. The van der Waals surface area contributed by atoms with Crippen molar-refractivity contribution in [3.05, 3.63) is 12.0 Å². The highest BCUT2D eigenvalue weighted by atomic mass is 16.5. The predicted octanol–water partition coefficient (Wildman–Crippen LogP) is -1.32. The van der Waals surface area contributed by atoms with Crippen LogP contribution >= 0.6 is 0 Å². The second-order valence-corrected chi connectivity index (χ2v) is 4.33. The van der Waals surface area contributed by atoms with Crippen LogP contribution < -0.4 is 11.1 Å². The smallest absolute Gasteiger partial charge is 0.211 e. The fourth-order valence-corrected chi connectivity index (χ4v) is 2.14. The third-order valence-electron chi connectivity index (χ3n) is 3.06. The molecule has 0 aliphatic carbocycles. The van der Waals surface area contributed by atoms with E-state index in [2.05, 4.69) is 15.3 Å². The van der Waals surface area contributed by atoms with Gasteiger partial charge in [0.1, 0.15) is 18.1 Å². The van der Waals surface area contributed by atoms with E-state index in [1.807, 2.05) is 0 Å². The SMILES string of the molecule is Nc1ncnc(C[C@@H]2C[C@H](O)[C@@H](CO)O2)c1NC=O. The molecule has 8 heteroatoms. The van der Waals surface area contributed by atoms with Gasteiger partial charge in [-0.05, 0) is 0 Å². The van der Waals surface area contributed by atoms with Crippen molar-refractivity contribution < 1.29 is 19.7 Å². The largest absolute Gasteiger partial charge is 0.394 e. The minimum Gasteiger partial charge on any atom is -0.394 e. The zero-order valence-electron chi connectivity index (χ0n) is 10.2. The summed E-state index contributed by atoms with van der Waals surface area (Å²) in [5.41, 5.74) is 6.55. The predicted molar refractivity (Wildman–Crippen MR) is 66.2 cm³/mol. The van der Waals surface area contributed by atoms with E-state index in [0.717, 1.165) is 0 Å². The number of carbonyl (C=O) groups excluding carboxylic acids is 1. The van der Waals surface area contributed by atoms with E-state index in [4.69, 9.17) is 15.6 Å². The minimum absolute atomic E-state index is 0.175. The van der Waals surface area contributed by atoms with Crippen LogP contribution in [0.3, 0.4) is 0 Å². The molecule has 1 saturated heterocycles. The normalized spacial score (nSPS) is 26.3. The van der Waals surface area contributed by atoms with Crippen LogP contribution in [0.5, 0.6) is 0 Å². The number of ether oxygens (including phenoxy) is 1. The molecule has 1 fully saturated rings. The van der Waals surface area contributed by atoms with Gasteiger partial charge in [-0.25, -0.2) is 9.97 Å². The number of anilines is 2. The van der Waals surface area contributed by atoms with Crippen LogP contribution in [0.15, 0.2) is 6.33 Å². The Kier molecular flexibility index (Phi) is 4.25. The Balaban J connectivity index is 2.11. The molecule has 5 N–H and O–H groups in total. The minimum atomic E-state index is -0.698. The van der Waals surface area contributed by atoms with Crippen LogP contribution in [-0.4, -0.2) is 51.5 Å². The van der Waals surface area contributed by atoms with Crippen molar-refractivity contribution in [3.8, 4) is 0 Å². The maximum absolute atomic E-state index is 10.5. The van der Waals surface area contributed by atoms with Crippen LogP contribution in [0.2, 0.25) is 0 Å². The van der Waals surface area contributed by atoms with Gasteiger partial charge in [-0.15, -0.1) is 0 Å². The number of nitrogen functional groups attached to an aromatic ring is 1. The molecule has 0 unspecified atom stereocenters.